The van der Waals surface area contributed by atoms with E-state index in [1.54, 1.807) is 0 Å². The highest BCUT2D eigenvalue weighted by Crippen LogP contribution is 2.29. The first-order valence-electron chi connectivity index (χ1n) is 7.19. The molecule has 0 aromatic carbocycles. The van der Waals surface area contributed by atoms with Crippen molar-refractivity contribution in [2.45, 2.75) is 37.6 Å². The molecule has 7 nitrogen and oxygen atoms in total. The van der Waals surface area contributed by atoms with Gasteiger partial charge < -0.3 is 10.4 Å². The van der Waals surface area contributed by atoms with E-state index in [2.05, 4.69) is 15.3 Å². The summed E-state index contributed by atoms with van der Waals surface area (Å²) in [5, 5.41) is 12.4. The summed E-state index contributed by atoms with van der Waals surface area (Å²) in [6.07, 6.45) is 4.32. The number of anilines is 1. The molecule has 0 bridgehead atoms. The Kier molecular flexibility index (Phi) is 5.13. The average Bonchev–Trinajstić information content (AvgIpc) is 2.87. The molecule has 118 valence electrons. The van der Waals surface area contributed by atoms with Gasteiger partial charge >= 0.3 is 0 Å². The number of aliphatic hydroxyl groups excluding tert-OH is 1. The smallest absolute Gasteiger partial charge is 0.246 e. The molecule has 8 heteroatoms. The molecule has 1 aliphatic heterocycles. The van der Waals surface area contributed by atoms with Crippen molar-refractivity contribution < 1.29 is 13.5 Å². The summed E-state index contributed by atoms with van der Waals surface area (Å²) < 4.78 is 26.5. The van der Waals surface area contributed by atoms with Crippen LogP contribution in [0.5, 0.6) is 0 Å². The number of sulfonamides is 1. The molecule has 1 aliphatic rings. The zero-order valence-electron chi connectivity index (χ0n) is 12.4. The van der Waals surface area contributed by atoms with E-state index in [9.17, 15) is 13.5 Å². The van der Waals surface area contributed by atoms with Gasteiger partial charge in [0.15, 0.2) is 0 Å². The molecule has 0 amide bonds. The largest absolute Gasteiger partial charge is 0.395 e. The van der Waals surface area contributed by atoms with Crippen molar-refractivity contribution in [3.8, 4) is 0 Å². The van der Waals surface area contributed by atoms with Crippen LogP contribution in [0, 0.1) is 5.92 Å². The first-order chi connectivity index (χ1) is 10.0. The SMILES string of the molecule is CCCNc1ncc(S(=O)(=O)N2CCC(C)C2CO)cn1. The van der Waals surface area contributed by atoms with Crippen molar-refractivity contribution in [2.75, 3.05) is 25.0 Å². The molecule has 1 saturated heterocycles. The lowest BCUT2D eigenvalue weighted by Gasteiger charge is -2.24. The number of nitrogens with zero attached hydrogens (tertiary/aromatic N) is 3. The van der Waals surface area contributed by atoms with E-state index in [4.69, 9.17) is 0 Å². The van der Waals surface area contributed by atoms with Crippen LogP contribution in [0.2, 0.25) is 0 Å². The Morgan fingerprint density at radius 2 is 2.10 bits per heavy atom. The summed E-state index contributed by atoms with van der Waals surface area (Å²) >= 11 is 0. The molecule has 0 radical (unpaired) electrons. The summed E-state index contributed by atoms with van der Waals surface area (Å²) in [5.41, 5.74) is 0. The predicted octanol–water partition coefficient (Wildman–Crippen LogP) is 0.690. The van der Waals surface area contributed by atoms with Crippen molar-refractivity contribution >= 4 is 16.0 Å². The Morgan fingerprint density at radius 1 is 1.43 bits per heavy atom. The van der Waals surface area contributed by atoms with E-state index in [1.807, 2.05) is 13.8 Å². The minimum absolute atomic E-state index is 0.0668. The van der Waals surface area contributed by atoms with E-state index in [1.165, 1.54) is 16.7 Å². The van der Waals surface area contributed by atoms with Gasteiger partial charge in [0.05, 0.1) is 25.0 Å². The lowest BCUT2D eigenvalue weighted by atomic mass is 10.0. The third kappa shape index (κ3) is 3.33. The molecular formula is C13H22N4O3S. The maximum absolute atomic E-state index is 12.6. The maximum atomic E-state index is 12.6. The van der Waals surface area contributed by atoms with Crippen molar-refractivity contribution in [2.24, 2.45) is 5.92 Å². The van der Waals surface area contributed by atoms with Crippen LogP contribution in [0.3, 0.4) is 0 Å². The summed E-state index contributed by atoms with van der Waals surface area (Å²) in [6.45, 7) is 4.96. The van der Waals surface area contributed by atoms with E-state index < -0.39 is 10.0 Å². The summed E-state index contributed by atoms with van der Waals surface area (Å²) in [7, 11) is -3.65. The standard InChI is InChI=1S/C13H22N4O3S/c1-3-5-14-13-15-7-11(8-16-13)21(19,20)17-6-4-10(2)12(17)9-18/h7-8,10,12,18H,3-6,9H2,1-2H3,(H,14,15,16). The van der Waals surface area contributed by atoms with Crippen molar-refractivity contribution in [3.05, 3.63) is 12.4 Å². The maximum Gasteiger partial charge on any atom is 0.246 e. The van der Waals surface area contributed by atoms with Crippen LogP contribution in [0.4, 0.5) is 5.95 Å². The Morgan fingerprint density at radius 3 is 2.67 bits per heavy atom. The van der Waals surface area contributed by atoms with Gasteiger partial charge in [-0.25, -0.2) is 18.4 Å². The molecule has 2 atom stereocenters. The van der Waals surface area contributed by atoms with Gasteiger partial charge in [-0.1, -0.05) is 13.8 Å². The normalized spacial score (nSPS) is 23.4. The molecule has 1 aromatic heterocycles. The topological polar surface area (TPSA) is 95.4 Å². The number of aliphatic hydroxyl groups is 1. The van der Waals surface area contributed by atoms with E-state index in [0.717, 1.165) is 19.4 Å². The Balaban J connectivity index is 2.19. The summed E-state index contributed by atoms with van der Waals surface area (Å²) in [4.78, 5) is 8.13. The zero-order valence-corrected chi connectivity index (χ0v) is 13.2. The zero-order chi connectivity index (χ0) is 15.5. The molecule has 0 aliphatic carbocycles. The average molecular weight is 314 g/mol. The molecule has 2 N–H and O–H groups in total. The van der Waals surface area contributed by atoms with Gasteiger partial charge in [0.2, 0.25) is 16.0 Å². The minimum Gasteiger partial charge on any atom is -0.395 e. The molecule has 1 fully saturated rings. The first-order valence-corrected chi connectivity index (χ1v) is 8.63. The van der Waals surface area contributed by atoms with Crippen LogP contribution in [-0.2, 0) is 10.0 Å². The number of nitrogens with one attached hydrogen (secondary N) is 1. The molecule has 21 heavy (non-hydrogen) atoms. The third-order valence-electron chi connectivity index (χ3n) is 3.79. The lowest BCUT2D eigenvalue weighted by molar-refractivity contribution is 0.191. The molecular weight excluding hydrogens is 292 g/mol. The number of aromatic nitrogens is 2. The Bertz CT molecular complexity index is 561. The third-order valence-corrected chi connectivity index (χ3v) is 5.66. The highest BCUT2D eigenvalue weighted by atomic mass is 32.2. The molecule has 0 spiro atoms. The Labute approximate surface area is 125 Å². The van der Waals surface area contributed by atoms with Crippen LogP contribution in [0.25, 0.3) is 0 Å². The van der Waals surface area contributed by atoms with Gasteiger partial charge in [0.25, 0.3) is 0 Å². The number of hydrogen-bond acceptors (Lipinski definition) is 6. The van der Waals surface area contributed by atoms with Crippen LogP contribution in [0.15, 0.2) is 17.3 Å². The van der Waals surface area contributed by atoms with Gasteiger partial charge in [-0.15, -0.1) is 0 Å². The van der Waals surface area contributed by atoms with E-state index in [0.29, 0.717) is 12.5 Å². The quantitative estimate of drug-likeness (QED) is 0.802. The predicted molar refractivity (Wildman–Crippen MR) is 79.4 cm³/mol. The van der Waals surface area contributed by atoms with Gasteiger partial charge in [0, 0.05) is 13.1 Å². The van der Waals surface area contributed by atoms with E-state index in [-0.39, 0.29) is 23.5 Å². The van der Waals surface area contributed by atoms with Crippen LogP contribution >= 0.6 is 0 Å². The highest BCUT2D eigenvalue weighted by molar-refractivity contribution is 7.89. The fourth-order valence-electron chi connectivity index (χ4n) is 2.46. The molecule has 2 heterocycles. The first kappa shape index (κ1) is 16.1. The monoisotopic (exact) mass is 314 g/mol. The molecule has 1 aromatic rings. The second kappa shape index (κ2) is 6.67. The highest BCUT2D eigenvalue weighted by Gasteiger charge is 2.39. The second-order valence-electron chi connectivity index (χ2n) is 5.30. The van der Waals surface area contributed by atoms with Gasteiger partial charge in [-0.05, 0) is 18.8 Å². The van der Waals surface area contributed by atoms with Crippen LogP contribution in [0.1, 0.15) is 26.7 Å². The van der Waals surface area contributed by atoms with Gasteiger partial charge in [-0.2, -0.15) is 4.31 Å². The molecule has 0 saturated carbocycles. The fourth-order valence-corrected chi connectivity index (χ4v) is 4.07. The van der Waals surface area contributed by atoms with Crippen molar-refractivity contribution in [3.63, 3.8) is 0 Å². The van der Waals surface area contributed by atoms with Crippen LogP contribution < -0.4 is 5.32 Å². The molecule has 2 unspecified atom stereocenters. The minimum atomic E-state index is -3.65. The second-order valence-corrected chi connectivity index (χ2v) is 7.19. The summed E-state index contributed by atoms with van der Waals surface area (Å²) in [5.74, 6) is 0.570. The van der Waals surface area contributed by atoms with Crippen molar-refractivity contribution in [1.82, 2.24) is 14.3 Å². The van der Waals surface area contributed by atoms with Gasteiger partial charge in [-0.3, -0.25) is 0 Å². The number of rotatable bonds is 6. The molecule has 2 rings (SSSR count). The van der Waals surface area contributed by atoms with Crippen LogP contribution in [-0.4, -0.2) is 53.5 Å². The Hall–Kier alpha value is -1.25. The fraction of sp³-hybridized carbons (Fsp3) is 0.692. The van der Waals surface area contributed by atoms with Gasteiger partial charge in [0.1, 0.15) is 4.90 Å². The van der Waals surface area contributed by atoms with E-state index >= 15 is 0 Å². The summed E-state index contributed by atoms with van der Waals surface area (Å²) in [6, 6.07) is -0.368. The van der Waals surface area contributed by atoms with Crippen molar-refractivity contribution in [1.29, 1.82) is 0 Å². The number of hydrogen-bond donors (Lipinski definition) is 2. The lowest BCUT2D eigenvalue weighted by Crippen LogP contribution is -2.39.